The van der Waals surface area contributed by atoms with Gasteiger partial charge in [-0.2, -0.15) is 0 Å². The quantitative estimate of drug-likeness (QED) is 0.478. The predicted molar refractivity (Wildman–Crippen MR) is 120 cm³/mol. The SMILES string of the molecule is CNC(=O)NC(=O)CSc1nc2sc3c(c2c(=O)n1-c1ccc(C)cc1C)CCC3. The van der Waals surface area contributed by atoms with Gasteiger partial charge in [0, 0.05) is 11.9 Å². The minimum absolute atomic E-state index is 0.0264. The van der Waals surface area contributed by atoms with E-state index < -0.39 is 11.9 Å². The topological polar surface area (TPSA) is 93.1 Å². The number of benzene rings is 1. The van der Waals surface area contributed by atoms with Crippen molar-refractivity contribution < 1.29 is 9.59 Å². The number of thiophene rings is 1. The highest BCUT2D eigenvalue weighted by Crippen LogP contribution is 2.36. The first-order valence-corrected chi connectivity index (χ1v) is 11.5. The number of carbonyl (C=O) groups excluding carboxylic acids is 2. The second kappa shape index (κ2) is 8.23. The van der Waals surface area contributed by atoms with Crippen LogP contribution in [-0.2, 0) is 17.6 Å². The van der Waals surface area contributed by atoms with Crippen LogP contribution in [0, 0.1) is 13.8 Å². The van der Waals surface area contributed by atoms with Crippen LogP contribution in [0.1, 0.15) is 28.0 Å². The molecule has 7 nitrogen and oxygen atoms in total. The van der Waals surface area contributed by atoms with Crippen molar-refractivity contribution in [1.82, 2.24) is 20.2 Å². The molecular weight excluding hydrogens is 420 g/mol. The number of rotatable bonds is 4. The molecular formula is C21H22N4O3S2. The van der Waals surface area contributed by atoms with Gasteiger partial charge in [0.05, 0.1) is 16.8 Å². The fraction of sp³-hybridized carbons (Fsp3) is 0.333. The van der Waals surface area contributed by atoms with Gasteiger partial charge in [-0.25, -0.2) is 9.78 Å². The first kappa shape index (κ1) is 20.6. The van der Waals surface area contributed by atoms with E-state index in [4.69, 9.17) is 4.98 Å². The molecule has 0 aliphatic heterocycles. The Morgan fingerprint density at radius 2 is 2.07 bits per heavy atom. The summed E-state index contributed by atoms with van der Waals surface area (Å²) in [6, 6.07) is 5.34. The van der Waals surface area contributed by atoms with Crippen molar-refractivity contribution in [2.75, 3.05) is 12.8 Å². The second-order valence-corrected chi connectivity index (χ2v) is 9.30. The molecule has 30 heavy (non-hydrogen) atoms. The zero-order valence-corrected chi connectivity index (χ0v) is 18.6. The van der Waals surface area contributed by atoms with Crippen LogP contribution in [0.15, 0.2) is 28.2 Å². The van der Waals surface area contributed by atoms with Crippen molar-refractivity contribution in [3.63, 3.8) is 0 Å². The lowest BCUT2D eigenvalue weighted by Crippen LogP contribution is -2.38. The van der Waals surface area contributed by atoms with Crippen LogP contribution in [-0.4, -0.2) is 34.3 Å². The second-order valence-electron chi connectivity index (χ2n) is 7.28. The molecule has 0 radical (unpaired) electrons. The zero-order chi connectivity index (χ0) is 21.4. The molecule has 2 heterocycles. The summed E-state index contributed by atoms with van der Waals surface area (Å²) in [5.74, 6) is -0.476. The number of hydrogen-bond donors (Lipinski definition) is 2. The van der Waals surface area contributed by atoms with Crippen LogP contribution in [0.3, 0.4) is 0 Å². The Labute approximate surface area is 181 Å². The van der Waals surface area contributed by atoms with Gasteiger partial charge in [0.1, 0.15) is 4.83 Å². The van der Waals surface area contributed by atoms with E-state index in [0.717, 1.165) is 58.2 Å². The molecule has 2 N–H and O–H groups in total. The molecule has 0 fully saturated rings. The standard InChI is InChI=1S/C21H22N4O3S2/c1-11-7-8-14(12(2)9-11)25-19(27)17-13-5-4-6-15(13)30-18(17)24-21(25)29-10-16(26)23-20(28)22-3/h7-9H,4-6,10H2,1-3H3,(H2,22,23,26,28). The van der Waals surface area contributed by atoms with Gasteiger partial charge in [-0.1, -0.05) is 29.5 Å². The van der Waals surface area contributed by atoms with Crippen molar-refractivity contribution in [2.45, 2.75) is 38.3 Å². The number of aryl methyl sites for hydroxylation is 4. The van der Waals surface area contributed by atoms with Crippen LogP contribution in [0.4, 0.5) is 4.79 Å². The van der Waals surface area contributed by atoms with Crippen molar-refractivity contribution >= 4 is 45.3 Å². The highest BCUT2D eigenvalue weighted by Gasteiger charge is 2.24. The molecule has 1 aliphatic carbocycles. The number of urea groups is 1. The average molecular weight is 443 g/mol. The van der Waals surface area contributed by atoms with Gasteiger partial charge in [-0.3, -0.25) is 19.5 Å². The molecule has 0 bridgehead atoms. The molecule has 0 spiro atoms. The maximum absolute atomic E-state index is 13.6. The van der Waals surface area contributed by atoms with E-state index in [0.29, 0.717) is 10.5 Å². The van der Waals surface area contributed by atoms with Crippen LogP contribution in [0.2, 0.25) is 0 Å². The van der Waals surface area contributed by atoms with E-state index in [2.05, 4.69) is 10.6 Å². The maximum atomic E-state index is 13.6. The molecule has 1 aromatic carbocycles. The number of aromatic nitrogens is 2. The van der Waals surface area contributed by atoms with Gasteiger partial charge in [0.2, 0.25) is 5.91 Å². The number of imide groups is 1. The highest BCUT2D eigenvalue weighted by molar-refractivity contribution is 7.99. The molecule has 1 aliphatic rings. The zero-order valence-electron chi connectivity index (χ0n) is 17.0. The summed E-state index contributed by atoms with van der Waals surface area (Å²) in [4.78, 5) is 43.8. The molecule has 0 saturated heterocycles. The smallest absolute Gasteiger partial charge is 0.321 e. The fourth-order valence-corrected chi connectivity index (χ4v) is 5.85. The number of amides is 3. The molecule has 3 amide bonds. The normalized spacial score (nSPS) is 12.8. The third-order valence-electron chi connectivity index (χ3n) is 5.11. The third kappa shape index (κ3) is 3.75. The lowest BCUT2D eigenvalue weighted by molar-refractivity contribution is -0.117. The van der Waals surface area contributed by atoms with Gasteiger partial charge >= 0.3 is 6.03 Å². The molecule has 156 valence electrons. The van der Waals surface area contributed by atoms with Crippen molar-refractivity contribution in [1.29, 1.82) is 0 Å². The lowest BCUT2D eigenvalue weighted by atomic mass is 10.1. The fourth-order valence-electron chi connectivity index (χ4n) is 3.75. The van der Waals surface area contributed by atoms with Gasteiger partial charge in [0.15, 0.2) is 5.16 Å². The number of hydrogen-bond acceptors (Lipinski definition) is 6. The van der Waals surface area contributed by atoms with Crippen molar-refractivity contribution in [2.24, 2.45) is 0 Å². The van der Waals surface area contributed by atoms with Gasteiger partial charge in [0.25, 0.3) is 5.56 Å². The van der Waals surface area contributed by atoms with E-state index in [-0.39, 0.29) is 11.3 Å². The van der Waals surface area contributed by atoms with Crippen molar-refractivity contribution in [3.05, 3.63) is 50.1 Å². The molecule has 2 aromatic heterocycles. The van der Waals surface area contributed by atoms with E-state index >= 15 is 0 Å². The Morgan fingerprint density at radius 3 is 2.80 bits per heavy atom. The van der Waals surface area contributed by atoms with Crippen LogP contribution in [0.25, 0.3) is 15.9 Å². The Hall–Kier alpha value is -2.65. The first-order chi connectivity index (χ1) is 14.4. The average Bonchev–Trinajstić information content (AvgIpc) is 3.28. The van der Waals surface area contributed by atoms with Gasteiger partial charge < -0.3 is 5.32 Å². The maximum Gasteiger partial charge on any atom is 0.321 e. The minimum atomic E-state index is -0.564. The number of thioether (sulfide) groups is 1. The molecule has 9 heteroatoms. The summed E-state index contributed by atoms with van der Waals surface area (Å²) in [6.45, 7) is 3.97. The van der Waals surface area contributed by atoms with Crippen LogP contribution >= 0.6 is 23.1 Å². The van der Waals surface area contributed by atoms with Crippen LogP contribution in [0.5, 0.6) is 0 Å². The summed E-state index contributed by atoms with van der Waals surface area (Å²) in [5.41, 5.74) is 3.85. The summed E-state index contributed by atoms with van der Waals surface area (Å²) >= 11 is 2.72. The molecule has 4 rings (SSSR count). The number of nitrogens with one attached hydrogen (secondary N) is 2. The number of carbonyl (C=O) groups is 2. The highest BCUT2D eigenvalue weighted by atomic mass is 32.2. The Bertz CT molecular complexity index is 1230. The van der Waals surface area contributed by atoms with Crippen LogP contribution < -0.4 is 16.2 Å². The first-order valence-electron chi connectivity index (χ1n) is 9.68. The van der Waals surface area contributed by atoms with Gasteiger partial charge in [-0.05, 0) is 50.3 Å². The lowest BCUT2D eigenvalue weighted by Gasteiger charge is -2.15. The minimum Gasteiger partial charge on any atom is -0.341 e. The molecule has 3 aromatic rings. The molecule has 0 saturated carbocycles. The van der Waals surface area contributed by atoms with Gasteiger partial charge in [-0.15, -0.1) is 11.3 Å². The predicted octanol–water partition coefficient (Wildman–Crippen LogP) is 3.10. The van der Waals surface area contributed by atoms with E-state index in [1.807, 2.05) is 32.0 Å². The summed E-state index contributed by atoms with van der Waals surface area (Å²) < 4.78 is 1.61. The largest absolute Gasteiger partial charge is 0.341 e. The number of fused-ring (bicyclic) bond motifs is 3. The summed E-state index contributed by atoms with van der Waals surface area (Å²) in [5, 5.41) is 5.74. The third-order valence-corrected chi connectivity index (χ3v) is 7.24. The number of nitrogens with zero attached hydrogens (tertiary/aromatic N) is 2. The monoisotopic (exact) mass is 442 g/mol. The van der Waals surface area contributed by atoms with E-state index in [1.54, 1.807) is 15.9 Å². The Balaban J connectivity index is 1.82. The molecule has 0 atom stereocenters. The summed E-state index contributed by atoms with van der Waals surface area (Å²) in [7, 11) is 1.44. The molecule has 0 unspecified atom stereocenters. The summed E-state index contributed by atoms with van der Waals surface area (Å²) in [6.07, 6.45) is 2.95. The van der Waals surface area contributed by atoms with E-state index in [1.165, 1.54) is 11.9 Å². The Morgan fingerprint density at radius 1 is 1.27 bits per heavy atom. The Kier molecular flexibility index (Phi) is 5.66. The van der Waals surface area contributed by atoms with E-state index in [9.17, 15) is 14.4 Å². The van der Waals surface area contributed by atoms with Crippen molar-refractivity contribution in [3.8, 4) is 5.69 Å².